The van der Waals surface area contributed by atoms with E-state index in [9.17, 15) is 9.59 Å². The fourth-order valence-electron chi connectivity index (χ4n) is 2.32. The van der Waals surface area contributed by atoms with Gasteiger partial charge in [-0.3, -0.25) is 19.9 Å². The standard InChI is InChI=1S/C9H14N4O2/c1-12-7(14)5-2-3-13(9(10)11)4-6(5)8(12)15/h5-6H,2-4H2,1H3,(H3,10,11)/t5-,6+/m1/s1. The van der Waals surface area contributed by atoms with Gasteiger partial charge in [-0.05, 0) is 6.42 Å². The molecule has 2 heterocycles. The topological polar surface area (TPSA) is 90.5 Å². The molecule has 0 spiro atoms. The van der Waals surface area contributed by atoms with Gasteiger partial charge in [-0.2, -0.15) is 0 Å². The Balaban J connectivity index is 2.18. The molecule has 0 aromatic carbocycles. The van der Waals surface area contributed by atoms with Gasteiger partial charge in [0.25, 0.3) is 0 Å². The summed E-state index contributed by atoms with van der Waals surface area (Å²) < 4.78 is 0. The van der Waals surface area contributed by atoms with Gasteiger partial charge in [0.2, 0.25) is 11.8 Å². The van der Waals surface area contributed by atoms with Crippen molar-refractivity contribution >= 4 is 17.8 Å². The number of hydrogen-bond acceptors (Lipinski definition) is 3. The third-order valence-electron chi connectivity index (χ3n) is 3.25. The van der Waals surface area contributed by atoms with Gasteiger partial charge in [0, 0.05) is 20.1 Å². The van der Waals surface area contributed by atoms with Crippen molar-refractivity contribution < 1.29 is 9.59 Å². The first-order chi connectivity index (χ1) is 7.02. The second-order valence-electron chi connectivity index (χ2n) is 4.07. The van der Waals surface area contributed by atoms with Gasteiger partial charge in [0.05, 0.1) is 11.8 Å². The Kier molecular flexibility index (Phi) is 2.13. The predicted octanol–water partition coefficient (Wildman–Crippen LogP) is -1.18. The monoisotopic (exact) mass is 210 g/mol. The molecule has 2 amide bonds. The summed E-state index contributed by atoms with van der Waals surface area (Å²) >= 11 is 0. The molecule has 6 nitrogen and oxygen atoms in total. The first-order valence-corrected chi connectivity index (χ1v) is 4.92. The molecule has 2 aliphatic heterocycles. The molecule has 82 valence electrons. The van der Waals surface area contributed by atoms with E-state index in [0.29, 0.717) is 19.5 Å². The molecule has 0 unspecified atom stereocenters. The fourth-order valence-corrected chi connectivity index (χ4v) is 2.32. The van der Waals surface area contributed by atoms with Gasteiger partial charge < -0.3 is 10.6 Å². The van der Waals surface area contributed by atoms with Gasteiger partial charge in [0.15, 0.2) is 5.96 Å². The van der Waals surface area contributed by atoms with Crippen molar-refractivity contribution in [2.45, 2.75) is 6.42 Å². The molecule has 2 saturated heterocycles. The molecule has 15 heavy (non-hydrogen) atoms. The number of rotatable bonds is 0. The lowest BCUT2D eigenvalue weighted by Crippen LogP contribution is -2.47. The Hall–Kier alpha value is -1.59. The highest BCUT2D eigenvalue weighted by atomic mass is 16.2. The lowest BCUT2D eigenvalue weighted by atomic mass is 9.88. The third kappa shape index (κ3) is 1.36. The normalized spacial score (nSPS) is 30.7. The van der Waals surface area contributed by atoms with Crippen LogP contribution in [0.25, 0.3) is 0 Å². The van der Waals surface area contributed by atoms with Crippen LogP contribution in [0.3, 0.4) is 0 Å². The number of piperidine rings is 1. The number of likely N-dealkylation sites (tertiary alicyclic amines) is 2. The van der Waals surface area contributed by atoms with E-state index in [-0.39, 0.29) is 29.6 Å². The van der Waals surface area contributed by atoms with Gasteiger partial charge >= 0.3 is 0 Å². The lowest BCUT2D eigenvalue weighted by Gasteiger charge is -2.32. The number of nitrogens with one attached hydrogen (secondary N) is 1. The maximum Gasteiger partial charge on any atom is 0.234 e. The second kappa shape index (κ2) is 3.22. The Bertz CT molecular complexity index is 341. The number of amides is 2. The van der Waals surface area contributed by atoms with E-state index in [2.05, 4.69) is 0 Å². The summed E-state index contributed by atoms with van der Waals surface area (Å²) in [5.41, 5.74) is 5.36. The number of fused-ring (bicyclic) bond motifs is 1. The van der Waals surface area contributed by atoms with Crippen LogP contribution in [0.4, 0.5) is 0 Å². The number of nitrogens with zero attached hydrogens (tertiary/aromatic N) is 2. The SMILES string of the molecule is CN1C(=O)[C@H]2CN(C(=N)N)CC[C@H]2C1=O. The number of imide groups is 1. The highest BCUT2D eigenvalue weighted by Crippen LogP contribution is 2.32. The van der Waals surface area contributed by atoms with Crippen LogP contribution in [0.5, 0.6) is 0 Å². The number of nitrogens with two attached hydrogens (primary N) is 1. The van der Waals surface area contributed by atoms with Crippen LogP contribution >= 0.6 is 0 Å². The van der Waals surface area contributed by atoms with Gasteiger partial charge in [-0.25, -0.2) is 0 Å². The van der Waals surface area contributed by atoms with Crippen molar-refractivity contribution in [2.24, 2.45) is 17.6 Å². The van der Waals surface area contributed by atoms with Crippen molar-refractivity contribution in [3.8, 4) is 0 Å². The summed E-state index contributed by atoms with van der Waals surface area (Å²) in [6.45, 7) is 0.984. The molecule has 2 atom stereocenters. The molecule has 2 aliphatic rings. The van der Waals surface area contributed by atoms with Crippen LogP contribution in [0.2, 0.25) is 0 Å². The van der Waals surface area contributed by atoms with Crippen LogP contribution in [-0.4, -0.2) is 47.7 Å². The van der Waals surface area contributed by atoms with E-state index in [1.807, 2.05) is 0 Å². The molecule has 6 heteroatoms. The highest BCUT2D eigenvalue weighted by molar-refractivity contribution is 6.05. The molecule has 0 aliphatic carbocycles. The van der Waals surface area contributed by atoms with Crippen LogP contribution < -0.4 is 5.73 Å². The minimum Gasteiger partial charge on any atom is -0.370 e. The number of carbonyl (C=O) groups is 2. The zero-order valence-corrected chi connectivity index (χ0v) is 8.56. The van der Waals surface area contributed by atoms with Crippen LogP contribution in [-0.2, 0) is 9.59 Å². The number of hydrogen-bond donors (Lipinski definition) is 2. The molecule has 2 fully saturated rings. The zero-order valence-electron chi connectivity index (χ0n) is 8.56. The summed E-state index contributed by atoms with van der Waals surface area (Å²) in [5, 5.41) is 7.30. The van der Waals surface area contributed by atoms with Crippen molar-refractivity contribution in [3.63, 3.8) is 0 Å². The van der Waals surface area contributed by atoms with Crippen molar-refractivity contribution in [3.05, 3.63) is 0 Å². The van der Waals surface area contributed by atoms with Gasteiger partial charge in [0.1, 0.15) is 0 Å². The minimum atomic E-state index is -0.305. The molecule has 0 radical (unpaired) electrons. The summed E-state index contributed by atoms with van der Waals surface area (Å²) in [6.07, 6.45) is 0.610. The fraction of sp³-hybridized carbons (Fsp3) is 0.667. The van der Waals surface area contributed by atoms with Crippen molar-refractivity contribution in [1.82, 2.24) is 9.80 Å². The Morgan fingerprint density at radius 1 is 1.40 bits per heavy atom. The Morgan fingerprint density at radius 2 is 2.00 bits per heavy atom. The van der Waals surface area contributed by atoms with Gasteiger partial charge in [-0.1, -0.05) is 0 Å². The zero-order chi connectivity index (χ0) is 11.2. The Morgan fingerprint density at radius 3 is 2.60 bits per heavy atom. The Labute approximate surface area is 87.5 Å². The molecule has 2 rings (SSSR count). The van der Waals surface area contributed by atoms with Crippen molar-refractivity contribution in [2.75, 3.05) is 20.1 Å². The smallest absolute Gasteiger partial charge is 0.234 e. The van der Waals surface area contributed by atoms with E-state index in [4.69, 9.17) is 11.1 Å². The van der Waals surface area contributed by atoms with E-state index in [1.165, 1.54) is 11.9 Å². The highest BCUT2D eigenvalue weighted by Gasteiger charge is 2.48. The average molecular weight is 210 g/mol. The first-order valence-electron chi connectivity index (χ1n) is 4.92. The minimum absolute atomic E-state index is 0.0248. The van der Waals surface area contributed by atoms with E-state index in [0.717, 1.165) is 0 Å². The molecule has 0 aromatic heterocycles. The molecular formula is C9H14N4O2. The van der Waals surface area contributed by atoms with Crippen molar-refractivity contribution in [1.29, 1.82) is 5.41 Å². The number of carbonyl (C=O) groups excluding carboxylic acids is 2. The maximum atomic E-state index is 11.7. The maximum absolute atomic E-state index is 11.7. The van der Waals surface area contributed by atoms with E-state index in [1.54, 1.807) is 4.90 Å². The predicted molar refractivity (Wildman–Crippen MR) is 52.9 cm³/mol. The van der Waals surface area contributed by atoms with Gasteiger partial charge in [-0.15, -0.1) is 0 Å². The van der Waals surface area contributed by atoms with Crippen LogP contribution in [0.1, 0.15) is 6.42 Å². The summed E-state index contributed by atoms with van der Waals surface area (Å²) in [6, 6.07) is 0. The lowest BCUT2D eigenvalue weighted by molar-refractivity contribution is -0.138. The largest absolute Gasteiger partial charge is 0.370 e. The van der Waals surface area contributed by atoms with Crippen LogP contribution in [0.15, 0.2) is 0 Å². The summed E-state index contributed by atoms with van der Waals surface area (Å²) in [7, 11) is 1.51. The summed E-state index contributed by atoms with van der Waals surface area (Å²) in [5.74, 6) is -0.759. The third-order valence-corrected chi connectivity index (χ3v) is 3.25. The quantitative estimate of drug-likeness (QED) is 0.299. The molecule has 3 N–H and O–H groups in total. The summed E-state index contributed by atoms with van der Waals surface area (Å²) in [4.78, 5) is 26.2. The number of guanidine groups is 1. The molecule has 0 bridgehead atoms. The molecule has 0 saturated carbocycles. The van der Waals surface area contributed by atoms with E-state index < -0.39 is 0 Å². The first kappa shape index (κ1) is 9.95. The molecular weight excluding hydrogens is 196 g/mol. The second-order valence-corrected chi connectivity index (χ2v) is 4.07. The molecule has 0 aromatic rings. The van der Waals surface area contributed by atoms with E-state index >= 15 is 0 Å². The van der Waals surface area contributed by atoms with Crippen LogP contribution in [0, 0.1) is 17.2 Å². The average Bonchev–Trinajstić information content (AvgIpc) is 2.44.